The van der Waals surface area contributed by atoms with Crippen LogP contribution in [0.15, 0.2) is 59.8 Å². The monoisotopic (exact) mass is 458 g/mol. The lowest BCUT2D eigenvalue weighted by Gasteiger charge is -2.17. The third-order valence-corrected chi connectivity index (χ3v) is 6.02. The van der Waals surface area contributed by atoms with Gasteiger partial charge >= 0.3 is 0 Å². The van der Waals surface area contributed by atoms with E-state index in [0.29, 0.717) is 22.2 Å². The summed E-state index contributed by atoms with van der Waals surface area (Å²) in [7, 11) is 0. The molecule has 0 saturated heterocycles. The summed E-state index contributed by atoms with van der Waals surface area (Å²) >= 11 is 0. The van der Waals surface area contributed by atoms with Gasteiger partial charge in [0.05, 0.1) is 5.56 Å². The normalized spacial score (nSPS) is 13.9. The Bertz CT molecular complexity index is 1540. The molecule has 1 atom stereocenters. The Kier molecular flexibility index (Phi) is 5.46. The van der Waals surface area contributed by atoms with Gasteiger partial charge in [-0.05, 0) is 48.7 Å². The molecule has 5 rings (SSSR count). The van der Waals surface area contributed by atoms with Crippen LogP contribution in [0.25, 0.3) is 11.0 Å². The molecule has 3 N–H and O–H groups in total. The fraction of sp³-hybridized carbons (Fsp3) is 0.192. The van der Waals surface area contributed by atoms with E-state index in [1.807, 2.05) is 0 Å². The molecule has 34 heavy (non-hydrogen) atoms. The molecule has 6 nitrogen and oxygen atoms in total. The summed E-state index contributed by atoms with van der Waals surface area (Å²) in [6.07, 6.45) is 6.58. The van der Waals surface area contributed by atoms with Gasteiger partial charge in [0.1, 0.15) is 17.3 Å². The second kappa shape index (κ2) is 8.60. The van der Waals surface area contributed by atoms with Crippen molar-refractivity contribution in [2.24, 2.45) is 5.73 Å². The fourth-order valence-electron chi connectivity index (χ4n) is 4.17. The molecule has 3 heterocycles. The number of aromatic nitrogens is 3. The highest BCUT2D eigenvalue weighted by Crippen LogP contribution is 2.34. The highest BCUT2D eigenvalue weighted by atomic mass is 19.1. The lowest BCUT2D eigenvalue weighted by atomic mass is 9.88. The molecule has 1 saturated carbocycles. The van der Waals surface area contributed by atoms with Crippen LogP contribution in [0.5, 0.6) is 0 Å². The van der Waals surface area contributed by atoms with Crippen LogP contribution in [0, 0.1) is 23.5 Å². The zero-order chi connectivity index (χ0) is 23.8. The lowest BCUT2D eigenvalue weighted by molar-refractivity contribution is 0.1000. The molecule has 0 radical (unpaired) electrons. The molecule has 0 aliphatic heterocycles. The maximum Gasteiger partial charge on any atom is 0.254 e. The number of primary amides is 1. The summed E-state index contributed by atoms with van der Waals surface area (Å²) in [5.74, 6) is 3.23. The quantitative estimate of drug-likeness (QED) is 0.443. The van der Waals surface area contributed by atoms with Crippen LogP contribution >= 0.6 is 0 Å². The first kappa shape index (κ1) is 21.6. The third kappa shape index (κ3) is 3.97. The molecule has 1 aliphatic rings. The number of aromatic amines is 1. The molecule has 1 aromatic carbocycles. The number of rotatable bonds is 5. The molecule has 0 spiro atoms. The smallest absolute Gasteiger partial charge is 0.254 e. The number of hydrogen-bond donors (Lipinski definition) is 2. The SMILES string of the molecule is NC(=O)c1cnc2[nH]ccc2c1C#CCC(c1cc(F)ccc1F)c1cccn(C2CC2)c1=O. The van der Waals surface area contributed by atoms with Gasteiger partial charge in [-0.25, -0.2) is 13.8 Å². The molecule has 8 heteroatoms. The molecular formula is C26H20F2N4O2. The number of H-pyrrole nitrogens is 1. The summed E-state index contributed by atoms with van der Waals surface area (Å²) in [5, 5.41) is 0.619. The molecule has 170 valence electrons. The number of nitrogens with two attached hydrogens (primary N) is 1. The zero-order valence-corrected chi connectivity index (χ0v) is 18.0. The minimum absolute atomic E-state index is 0.0245. The highest BCUT2D eigenvalue weighted by Gasteiger charge is 2.27. The van der Waals surface area contributed by atoms with Gasteiger partial charge in [-0.3, -0.25) is 9.59 Å². The first-order valence-corrected chi connectivity index (χ1v) is 10.8. The Balaban J connectivity index is 1.61. The largest absolute Gasteiger partial charge is 0.366 e. The standard InChI is InChI=1S/C26H20F2N4O2/c27-15-6-9-23(28)21(13-15)18(20-5-2-12-32(26(20)34)16-7-8-16)4-1-3-17-19-10-11-30-25(19)31-14-22(17)24(29)33/h2,5-6,9-14,16,18H,4,7-8H2,(H2,29,33)(H,30,31). The Hall–Kier alpha value is -4.25. The van der Waals surface area contributed by atoms with E-state index in [2.05, 4.69) is 21.8 Å². The van der Waals surface area contributed by atoms with Gasteiger partial charge in [0.25, 0.3) is 11.5 Å². The maximum atomic E-state index is 14.8. The van der Waals surface area contributed by atoms with Crippen LogP contribution in [0.4, 0.5) is 8.78 Å². The average Bonchev–Trinajstić information content (AvgIpc) is 3.54. The Morgan fingerprint density at radius 1 is 1.24 bits per heavy atom. The van der Waals surface area contributed by atoms with Crippen LogP contribution in [0.2, 0.25) is 0 Å². The van der Waals surface area contributed by atoms with Crippen molar-refractivity contribution in [2.75, 3.05) is 0 Å². The summed E-state index contributed by atoms with van der Waals surface area (Å²) in [6.45, 7) is 0. The molecule has 1 amide bonds. The van der Waals surface area contributed by atoms with Gasteiger partial charge < -0.3 is 15.3 Å². The number of benzene rings is 1. The molecular weight excluding hydrogens is 438 g/mol. The van der Waals surface area contributed by atoms with Crippen molar-refractivity contribution in [3.63, 3.8) is 0 Å². The number of nitrogens with one attached hydrogen (secondary N) is 1. The summed E-state index contributed by atoms with van der Waals surface area (Å²) in [6, 6.07) is 8.41. The Morgan fingerprint density at radius 2 is 2.06 bits per heavy atom. The van der Waals surface area contributed by atoms with E-state index in [1.54, 1.807) is 35.2 Å². The van der Waals surface area contributed by atoms with Crippen molar-refractivity contribution in [1.29, 1.82) is 0 Å². The Labute approximate surface area is 193 Å². The molecule has 1 aliphatic carbocycles. The van der Waals surface area contributed by atoms with E-state index in [0.717, 1.165) is 31.0 Å². The van der Waals surface area contributed by atoms with Crippen LogP contribution in [-0.4, -0.2) is 20.4 Å². The summed E-state index contributed by atoms with van der Waals surface area (Å²) in [4.78, 5) is 32.3. The number of carbonyl (C=O) groups is 1. The van der Waals surface area contributed by atoms with Crippen molar-refractivity contribution in [2.45, 2.75) is 31.2 Å². The molecule has 4 aromatic rings. The van der Waals surface area contributed by atoms with E-state index in [9.17, 15) is 18.4 Å². The van der Waals surface area contributed by atoms with Crippen molar-refractivity contribution < 1.29 is 13.6 Å². The van der Waals surface area contributed by atoms with Gasteiger partial charge in [-0.15, -0.1) is 0 Å². The van der Waals surface area contributed by atoms with Crippen LogP contribution in [0.3, 0.4) is 0 Å². The van der Waals surface area contributed by atoms with Gasteiger partial charge in [-0.2, -0.15) is 0 Å². The third-order valence-electron chi connectivity index (χ3n) is 6.02. The number of pyridine rings is 2. The number of amides is 1. The van der Waals surface area contributed by atoms with Crippen molar-refractivity contribution >= 4 is 16.9 Å². The topological polar surface area (TPSA) is 93.8 Å². The second-order valence-corrected chi connectivity index (χ2v) is 8.28. The van der Waals surface area contributed by atoms with E-state index in [4.69, 9.17) is 5.73 Å². The number of nitrogens with zero attached hydrogens (tertiary/aromatic N) is 2. The zero-order valence-electron chi connectivity index (χ0n) is 18.0. The number of carbonyl (C=O) groups excluding carboxylic acids is 1. The van der Waals surface area contributed by atoms with Crippen molar-refractivity contribution in [1.82, 2.24) is 14.5 Å². The van der Waals surface area contributed by atoms with Crippen LogP contribution in [-0.2, 0) is 0 Å². The van der Waals surface area contributed by atoms with E-state index in [-0.39, 0.29) is 29.1 Å². The average molecular weight is 458 g/mol. The number of fused-ring (bicyclic) bond motifs is 1. The van der Waals surface area contributed by atoms with Crippen LogP contribution < -0.4 is 11.3 Å². The minimum Gasteiger partial charge on any atom is -0.366 e. The summed E-state index contributed by atoms with van der Waals surface area (Å²) < 4.78 is 30.5. The van der Waals surface area contributed by atoms with Gasteiger partial charge in [0.15, 0.2) is 0 Å². The van der Waals surface area contributed by atoms with Gasteiger partial charge in [0, 0.05) is 53.5 Å². The van der Waals surface area contributed by atoms with E-state index in [1.165, 1.54) is 6.20 Å². The van der Waals surface area contributed by atoms with Gasteiger partial charge in [-0.1, -0.05) is 17.9 Å². The first-order chi connectivity index (χ1) is 16.4. The number of hydrogen-bond acceptors (Lipinski definition) is 3. The van der Waals surface area contributed by atoms with Gasteiger partial charge in [0.2, 0.25) is 0 Å². The molecule has 1 unspecified atom stereocenters. The number of halogens is 2. The second-order valence-electron chi connectivity index (χ2n) is 8.28. The fourth-order valence-corrected chi connectivity index (χ4v) is 4.17. The van der Waals surface area contributed by atoms with E-state index < -0.39 is 23.5 Å². The van der Waals surface area contributed by atoms with Crippen molar-refractivity contribution in [3.05, 3.63) is 99.2 Å². The Morgan fingerprint density at radius 3 is 2.82 bits per heavy atom. The maximum absolute atomic E-state index is 14.8. The first-order valence-electron chi connectivity index (χ1n) is 10.8. The molecule has 3 aromatic heterocycles. The lowest BCUT2D eigenvalue weighted by Crippen LogP contribution is -2.25. The van der Waals surface area contributed by atoms with Crippen molar-refractivity contribution in [3.8, 4) is 11.8 Å². The van der Waals surface area contributed by atoms with E-state index >= 15 is 0 Å². The predicted molar refractivity (Wildman–Crippen MR) is 123 cm³/mol. The molecule has 0 bridgehead atoms. The predicted octanol–water partition coefficient (Wildman–Crippen LogP) is 4.01. The van der Waals surface area contributed by atoms with Crippen LogP contribution in [0.1, 0.15) is 58.3 Å². The molecule has 1 fully saturated rings. The highest BCUT2D eigenvalue weighted by molar-refractivity contribution is 6.00. The summed E-state index contributed by atoms with van der Waals surface area (Å²) in [5.41, 5.74) is 6.74. The minimum atomic E-state index is -0.803.